The van der Waals surface area contributed by atoms with Gasteiger partial charge in [0, 0.05) is 17.8 Å². The van der Waals surface area contributed by atoms with Crippen molar-refractivity contribution in [2.75, 3.05) is 0 Å². The zero-order valence-electron chi connectivity index (χ0n) is 8.68. The molecule has 2 nitrogen and oxygen atoms in total. The molecular weight excluding hydrogens is 160 g/mol. The lowest BCUT2D eigenvalue weighted by atomic mass is 10.2. The van der Waals surface area contributed by atoms with Gasteiger partial charge in [-0.1, -0.05) is 13.8 Å². The van der Waals surface area contributed by atoms with E-state index in [1.165, 1.54) is 10.9 Å². The highest BCUT2D eigenvalue weighted by atomic mass is 14.7. The Bertz CT molecular complexity index is 352. The molecular formula is C11H16N2. The van der Waals surface area contributed by atoms with E-state index in [1.807, 2.05) is 33.2 Å². The summed E-state index contributed by atoms with van der Waals surface area (Å²) in [5, 5.41) is 1.28. The molecule has 0 aliphatic rings. The van der Waals surface area contributed by atoms with Crippen LogP contribution in [0.15, 0.2) is 18.5 Å². The van der Waals surface area contributed by atoms with E-state index in [1.54, 1.807) is 0 Å². The Morgan fingerprint density at radius 3 is 2.54 bits per heavy atom. The van der Waals surface area contributed by atoms with E-state index in [4.69, 9.17) is 0 Å². The van der Waals surface area contributed by atoms with Crippen molar-refractivity contribution in [2.45, 2.75) is 27.7 Å². The van der Waals surface area contributed by atoms with Gasteiger partial charge in [0.15, 0.2) is 0 Å². The zero-order valence-corrected chi connectivity index (χ0v) is 8.68. The molecule has 0 saturated carbocycles. The quantitative estimate of drug-likeness (QED) is 0.656. The van der Waals surface area contributed by atoms with E-state index in [2.05, 4.69) is 23.0 Å². The summed E-state index contributed by atoms with van der Waals surface area (Å²) in [6.07, 6.45) is 3.86. The molecule has 0 fully saturated rings. The summed E-state index contributed by atoms with van der Waals surface area (Å²) in [5.74, 6) is 0. The van der Waals surface area contributed by atoms with Crippen LogP contribution in [0.3, 0.4) is 0 Å². The lowest BCUT2D eigenvalue weighted by molar-refractivity contribution is 1.19. The molecule has 0 aliphatic heterocycles. The Hall–Kier alpha value is -1.31. The van der Waals surface area contributed by atoms with E-state index in [-0.39, 0.29) is 0 Å². The first-order chi connectivity index (χ1) is 6.29. The lowest BCUT2D eigenvalue weighted by Gasteiger charge is -1.97. The fourth-order valence-corrected chi connectivity index (χ4v) is 1.33. The number of fused-ring (bicyclic) bond motifs is 1. The Morgan fingerprint density at radius 1 is 1.23 bits per heavy atom. The molecule has 0 saturated heterocycles. The molecule has 13 heavy (non-hydrogen) atoms. The molecule has 1 N–H and O–H groups in total. The Labute approximate surface area is 79.0 Å². The molecule has 0 amide bonds. The van der Waals surface area contributed by atoms with Crippen LogP contribution in [0, 0.1) is 13.8 Å². The second-order valence-electron chi connectivity index (χ2n) is 2.79. The van der Waals surface area contributed by atoms with E-state index < -0.39 is 0 Å². The lowest BCUT2D eigenvalue weighted by Crippen LogP contribution is -1.84. The Morgan fingerprint density at radius 2 is 1.92 bits per heavy atom. The number of aryl methyl sites for hydroxylation is 2. The topological polar surface area (TPSA) is 28.7 Å². The molecule has 70 valence electrons. The second-order valence-corrected chi connectivity index (χ2v) is 2.79. The van der Waals surface area contributed by atoms with Crippen LogP contribution in [0.1, 0.15) is 25.1 Å². The largest absolute Gasteiger partial charge is 0.360 e. The van der Waals surface area contributed by atoms with Crippen molar-refractivity contribution < 1.29 is 0 Å². The highest BCUT2D eigenvalue weighted by Crippen LogP contribution is 2.17. The maximum absolute atomic E-state index is 4.25. The second kappa shape index (κ2) is 4.08. The molecule has 2 heteroatoms. The van der Waals surface area contributed by atoms with Crippen molar-refractivity contribution in [3.8, 4) is 0 Å². The molecule has 0 aliphatic carbocycles. The van der Waals surface area contributed by atoms with Gasteiger partial charge in [-0.2, -0.15) is 0 Å². The summed E-state index contributed by atoms with van der Waals surface area (Å²) in [7, 11) is 0. The number of aromatic amines is 1. The van der Waals surface area contributed by atoms with Gasteiger partial charge in [-0.3, -0.25) is 4.98 Å². The van der Waals surface area contributed by atoms with Gasteiger partial charge in [0.1, 0.15) is 0 Å². The van der Waals surface area contributed by atoms with Gasteiger partial charge in [-0.25, -0.2) is 0 Å². The summed E-state index contributed by atoms with van der Waals surface area (Å²) in [4.78, 5) is 7.41. The number of nitrogens with zero attached hydrogens (tertiary/aromatic N) is 1. The third-order valence-corrected chi connectivity index (χ3v) is 1.99. The van der Waals surface area contributed by atoms with E-state index >= 15 is 0 Å². The van der Waals surface area contributed by atoms with Gasteiger partial charge in [0.2, 0.25) is 0 Å². The van der Waals surface area contributed by atoms with Crippen LogP contribution in [0.2, 0.25) is 0 Å². The maximum Gasteiger partial charge on any atom is 0.0672 e. The highest BCUT2D eigenvalue weighted by Gasteiger charge is 2.00. The van der Waals surface area contributed by atoms with Crippen LogP contribution >= 0.6 is 0 Å². The fourth-order valence-electron chi connectivity index (χ4n) is 1.33. The monoisotopic (exact) mass is 176 g/mol. The molecule has 0 atom stereocenters. The average Bonchev–Trinajstić information content (AvgIpc) is 2.64. The van der Waals surface area contributed by atoms with Gasteiger partial charge in [0.05, 0.1) is 11.2 Å². The van der Waals surface area contributed by atoms with Crippen LogP contribution < -0.4 is 0 Å². The van der Waals surface area contributed by atoms with Crippen molar-refractivity contribution in [3.63, 3.8) is 0 Å². The number of hydrogen-bond donors (Lipinski definition) is 1. The number of hydrogen-bond acceptors (Lipinski definition) is 1. The van der Waals surface area contributed by atoms with E-state index in [0.29, 0.717) is 0 Å². The first-order valence-electron chi connectivity index (χ1n) is 4.68. The van der Waals surface area contributed by atoms with Crippen LogP contribution in [-0.2, 0) is 0 Å². The predicted octanol–water partition coefficient (Wildman–Crippen LogP) is 3.21. The third-order valence-electron chi connectivity index (χ3n) is 1.99. The summed E-state index contributed by atoms with van der Waals surface area (Å²) >= 11 is 0. The predicted molar refractivity (Wildman–Crippen MR) is 56.9 cm³/mol. The summed E-state index contributed by atoms with van der Waals surface area (Å²) < 4.78 is 0. The first-order valence-corrected chi connectivity index (χ1v) is 4.68. The van der Waals surface area contributed by atoms with Crippen molar-refractivity contribution in [2.24, 2.45) is 0 Å². The Kier molecular flexibility index (Phi) is 3.07. The molecule has 0 radical (unpaired) electrons. The van der Waals surface area contributed by atoms with Crippen molar-refractivity contribution in [1.82, 2.24) is 9.97 Å². The van der Waals surface area contributed by atoms with Crippen LogP contribution in [-0.4, -0.2) is 9.97 Å². The summed E-state index contributed by atoms with van der Waals surface area (Å²) in [5.41, 5.74) is 3.45. The van der Waals surface area contributed by atoms with E-state index in [0.717, 1.165) is 11.2 Å². The minimum Gasteiger partial charge on any atom is -0.360 e. The first kappa shape index (κ1) is 9.78. The highest BCUT2D eigenvalue weighted by molar-refractivity contribution is 5.83. The van der Waals surface area contributed by atoms with Crippen molar-refractivity contribution in [3.05, 3.63) is 29.7 Å². The molecule has 2 aromatic rings. The number of pyridine rings is 1. The Balaban J connectivity index is 0.000000396. The molecule has 0 aromatic carbocycles. The zero-order chi connectivity index (χ0) is 9.84. The molecule has 2 heterocycles. The number of aromatic nitrogens is 2. The molecule has 2 rings (SSSR count). The maximum atomic E-state index is 4.25. The minimum absolute atomic E-state index is 1.07. The molecule has 0 unspecified atom stereocenters. The fraction of sp³-hybridized carbons (Fsp3) is 0.364. The molecule has 2 aromatic heterocycles. The third kappa shape index (κ3) is 1.72. The van der Waals surface area contributed by atoms with Gasteiger partial charge in [-0.05, 0) is 25.5 Å². The van der Waals surface area contributed by atoms with Gasteiger partial charge < -0.3 is 4.98 Å². The minimum atomic E-state index is 1.07. The SMILES string of the molecule is CC.Cc1cnc(C)c2[nH]ccc12. The molecule has 0 spiro atoms. The molecule has 0 bridgehead atoms. The van der Waals surface area contributed by atoms with Crippen LogP contribution in [0.5, 0.6) is 0 Å². The smallest absolute Gasteiger partial charge is 0.0672 e. The van der Waals surface area contributed by atoms with E-state index in [9.17, 15) is 0 Å². The summed E-state index contributed by atoms with van der Waals surface area (Å²) in [6, 6.07) is 2.08. The summed E-state index contributed by atoms with van der Waals surface area (Å²) in [6.45, 7) is 8.08. The average molecular weight is 176 g/mol. The van der Waals surface area contributed by atoms with Crippen LogP contribution in [0.4, 0.5) is 0 Å². The normalized spacial score (nSPS) is 9.54. The van der Waals surface area contributed by atoms with Crippen molar-refractivity contribution in [1.29, 1.82) is 0 Å². The van der Waals surface area contributed by atoms with Gasteiger partial charge >= 0.3 is 0 Å². The van der Waals surface area contributed by atoms with Crippen LogP contribution in [0.25, 0.3) is 10.9 Å². The van der Waals surface area contributed by atoms with Gasteiger partial charge in [-0.15, -0.1) is 0 Å². The standard InChI is InChI=1S/C9H10N2.C2H6/c1-6-5-11-7(2)9-8(6)3-4-10-9;1-2/h3-5,10H,1-2H3;1-2H3. The number of H-pyrrole nitrogens is 1. The number of rotatable bonds is 0. The van der Waals surface area contributed by atoms with Gasteiger partial charge in [0.25, 0.3) is 0 Å². The number of nitrogens with one attached hydrogen (secondary N) is 1. The van der Waals surface area contributed by atoms with Crippen molar-refractivity contribution >= 4 is 10.9 Å².